The van der Waals surface area contributed by atoms with Crippen molar-refractivity contribution >= 4 is 21.8 Å². The van der Waals surface area contributed by atoms with Crippen molar-refractivity contribution in [3.63, 3.8) is 0 Å². The number of carbonyl (C=O) groups excluding carboxylic acids is 1. The maximum atomic E-state index is 11.7. The lowest BCUT2D eigenvalue weighted by Gasteiger charge is -2.24. The molecule has 2 nitrogen and oxygen atoms in total. The minimum Gasteiger partial charge on any atom is -0.339 e. The minimum atomic E-state index is 0.313. The summed E-state index contributed by atoms with van der Waals surface area (Å²) >= 11 is 3.31. The van der Waals surface area contributed by atoms with E-state index < -0.39 is 0 Å². The molecule has 0 radical (unpaired) electrons. The number of halogens is 1. The van der Waals surface area contributed by atoms with Crippen LogP contribution in [-0.4, -0.2) is 28.7 Å². The summed E-state index contributed by atoms with van der Waals surface area (Å²) in [6, 6.07) is 0.564. The van der Waals surface area contributed by atoms with E-state index in [1.165, 1.54) is 12.8 Å². The Kier molecular flexibility index (Phi) is 4.23. The zero-order chi connectivity index (χ0) is 9.84. The molecule has 1 amide bonds. The topological polar surface area (TPSA) is 20.3 Å². The highest BCUT2D eigenvalue weighted by atomic mass is 79.9. The summed E-state index contributed by atoms with van der Waals surface area (Å²) in [6.45, 7) is 5.25. The molecule has 0 atom stereocenters. The second-order valence-corrected chi connectivity index (χ2v) is 4.90. The maximum absolute atomic E-state index is 11.7. The van der Waals surface area contributed by atoms with Gasteiger partial charge in [-0.2, -0.15) is 0 Å². The highest BCUT2D eigenvalue weighted by Crippen LogP contribution is 2.28. The maximum Gasteiger partial charge on any atom is 0.223 e. The Morgan fingerprint density at radius 1 is 1.54 bits per heavy atom. The normalized spacial score (nSPS) is 16.3. The summed E-state index contributed by atoms with van der Waals surface area (Å²) in [6.07, 6.45) is 3.06. The molecule has 0 spiro atoms. The van der Waals surface area contributed by atoms with Crippen molar-refractivity contribution < 1.29 is 4.79 Å². The predicted molar refractivity (Wildman–Crippen MR) is 58.0 cm³/mol. The Hall–Kier alpha value is -0.0500. The Labute approximate surface area is 88.8 Å². The van der Waals surface area contributed by atoms with E-state index in [0.717, 1.165) is 11.9 Å². The molecule has 1 aliphatic carbocycles. The SMILES string of the molecule is CC(C)CN(C(=O)CCBr)C1CC1. The second kappa shape index (κ2) is 4.99. The van der Waals surface area contributed by atoms with Gasteiger partial charge in [0.05, 0.1) is 0 Å². The summed E-state index contributed by atoms with van der Waals surface area (Å²) in [5.41, 5.74) is 0. The Morgan fingerprint density at radius 2 is 2.15 bits per heavy atom. The van der Waals surface area contributed by atoms with Gasteiger partial charge in [-0.25, -0.2) is 0 Å². The fourth-order valence-corrected chi connectivity index (χ4v) is 1.80. The van der Waals surface area contributed by atoms with Crippen LogP contribution in [0.15, 0.2) is 0 Å². The summed E-state index contributed by atoms with van der Waals surface area (Å²) in [4.78, 5) is 13.7. The summed E-state index contributed by atoms with van der Waals surface area (Å²) in [5, 5.41) is 0.785. The number of carbonyl (C=O) groups is 1. The Bertz CT molecular complexity index is 178. The molecule has 0 aromatic rings. The van der Waals surface area contributed by atoms with Crippen LogP contribution in [0.4, 0.5) is 0 Å². The molecule has 0 bridgehead atoms. The Balaban J connectivity index is 2.41. The molecule has 0 aromatic heterocycles. The first kappa shape index (κ1) is 11.0. The standard InChI is InChI=1S/C10H18BrNO/c1-8(2)7-12(9-3-4-9)10(13)5-6-11/h8-9H,3-7H2,1-2H3. The molecular weight excluding hydrogens is 230 g/mol. The molecule has 1 saturated carbocycles. The molecule has 0 N–H and O–H groups in total. The number of amides is 1. The molecule has 0 aliphatic heterocycles. The van der Waals surface area contributed by atoms with Gasteiger partial charge in [0.15, 0.2) is 0 Å². The quantitative estimate of drug-likeness (QED) is 0.684. The molecule has 76 valence electrons. The van der Waals surface area contributed by atoms with Gasteiger partial charge in [-0.15, -0.1) is 0 Å². The molecule has 1 fully saturated rings. The van der Waals surface area contributed by atoms with Gasteiger partial charge in [-0.3, -0.25) is 4.79 Å². The summed E-state index contributed by atoms with van der Waals surface area (Å²) < 4.78 is 0. The van der Waals surface area contributed by atoms with Gasteiger partial charge in [0.25, 0.3) is 0 Å². The average Bonchev–Trinajstić information content (AvgIpc) is 2.82. The molecule has 1 rings (SSSR count). The average molecular weight is 248 g/mol. The molecule has 3 heteroatoms. The van der Waals surface area contributed by atoms with Gasteiger partial charge in [-0.05, 0) is 18.8 Å². The first-order valence-corrected chi connectivity index (χ1v) is 6.12. The van der Waals surface area contributed by atoms with Crippen LogP contribution in [0.25, 0.3) is 0 Å². The van der Waals surface area contributed by atoms with Gasteiger partial charge < -0.3 is 4.90 Å². The lowest BCUT2D eigenvalue weighted by molar-refractivity contribution is -0.131. The van der Waals surface area contributed by atoms with Gasteiger partial charge in [-0.1, -0.05) is 29.8 Å². The first-order valence-electron chi connectivity index (χ1n) is 5.00. The smallest absolute Gasteiger partial charge is 0.223 e. The van der Waals surface area contributed by atoms with Gasteiger partial charge in [0, 0.05) is 24.3 Å². The number of nitrogens with zero attached hydrogens (tertiary/aromatic N) is 1. The van der Waals surface area contributed by atoms with E-state index in [9.17, 15) is 4.79 Å². The number of hydrogen-bond donors (Lipinski definition) is 0. The van der Waals surface area contributed by atoms with Crippen LogP contribution in [0.2, 0.25) is 0 Å². The molecule has 0 aromatic carbocycles. The van der Waals surface area contributed by atoms with E-state index in [-0.39, 0.29) is 0 Å². The van der Waals surface area contributed by atoms with Crippen LogP contribution >= 0.6 is 15.9 Å². The van der Waals surface area contributed by atoms with E-state index in [1.807, 2.05) is 0 Å². The van der Waals surface area contributed by atoms with Crippen molar-refractivity contribution in [1.29, 1.82) is 0 Å². The number of alkyl halides is 1. The van der Waals surface area contributed by atoms with Gasteiger partial charge in [0.1, 0.15) is 0 Å². The number of hydrogen-bond acceptors (Lipinski definition) is 1. The highest BCUT2D eigenvalue weighted by molar-refractivity contribution is 9.09. The largest absolute Gasteiger partial charge is 0.339 e. The van der Waals surface area contributed by atoms with E-state index in [1.54, 1.807) is 0 Å². The van der Waals surface area contributed by atoms with E-state index >= 15 is 0 Å². The van der Waals surface area contributed by atoms with Crippen LogP contribution in [0.3, 0.4) is 0 Å². The van der Waals surface area contributed by atoms with E-state index in [4.69, 9.17) is 0 Å². The molecular formula is C10H18BrNO. The molecule has 0 saturated heterocycles. The van der Waals surface area contributed by atoms with Crippen LogP contribution in [0.1, 0.15) is 33.1 Å². The number of rotatable bonds is 5. The lowest BCUT2D eigenvalue weighted by Crippen LogP contribution is -2.36. The van der Waals surface area contributed by atoms with E-state index in [2.05, 4.69) is 34.7 Å². The fraction of sp³-hybridized carbons (Fsp3) is 0.900. The molecule has 13 heavy (non-hydrogen) atoms. The van der Waals surface area contributed by atoms with Crippen molar-refractivity contribution in [3.8, 4) is 0 Å². The third kappa shape index (κ3) is 3.67. The zero-order valence-electron chi connectivity index (χ0n) is 8.42. The molecule has 0 unspecified atom stereocenters. The van der Waals surface area contributed by atoms with Gasteiger partial charge in [0.2, 0.25) is 5.91 Å². The monoisotopic (exact) mass is 247 g/mol. The van der Waals surface area contributed by atoms with Gasteiger partial charge >= 0.3 is 0 Å². The minimum absolute atomic E-state index is 0.313. The van der Waals surface area contributed by atoms with Crippen molar-refractivity contribution in [2.75, 3.05) is 11.9 Å². The summed E-state index contributed by atoms with van der Waals surface area (Å²) in [5.74, 6) is 0.896. The zero-order valence-corrected chi connectivity index (χ0v) is 10.0. The van der Waals surface area contributed by atoms with Crippen molar-refractivity contribution in [2.45, 2.75) is 39.2 Å². The van der Waals surface area contributed by atoms with Crippen LogP contribution in [0.5, 0.6) is 0 Å². The second-order valence-electron chi connectivity index (χ2n) is 4.11. The van der Waals surface area contributed by atoms with Crippen LogP contribution in [-0.2, 0) is 4.79 Å². The van der Waals surface area contributed by atoms with Crippen molar-refractivity contribution in [3.05, 3.63) is 0 Å². The lowest BCUT2D eigenvalue weighted by atomic mass is 10.2. The first-order chi connectivity index (χ1) is 6.15. The van der Waals surface area contributed by atoms with Crippen molar-refractivity contribution in [2.24, 2.45) is 5.92 Å². The van der Waals surface area contributed by atoms with E-state index in [0.29, 0.717) is 24.3 Å². The van der Waals surface area contributed by atoms with Crippen LogP contribution < -0.4 is 0 Å². The highest BCUT2D eigenvalue weighted by Gasteiger charge is 2.32. The fourth-order valence-electron chi connectivity index (χ4n) is 1.46. The Morgan fingerprint density at radius 3 is 2.54 bits per heavy atom. The third-order valence-corrected chi connectivity index (χ3v) is 2.57. The van der Waals surface area contributed by atoms with Crippen LogP contribution in [0, 0.1) is 5.92 Å². The molecule has 1 aliphatic rings. The summed E-state index contributed by atoms with van der Waals surface area (Å²) in [7, 11) is 0. The third-order valence-electron chi connectivity index (χ3n) is 2.18. The molecule has 0 heterocycles. The predicted octanol–water partition coefficient (Wildman–Crippen LogP) is 2.42. The van der Waals surface area contributed by atoms with Crippen molar-refractivity contribution in [1.82, 2.24) is 4.90 Å².